The minimum absolute atomic E-state index is 0.0724. The number of rotatable bonds is 4. The first-order chi connectivity index (χ1) is 15.6. The lowest BCUT2D eigenvalue weighted by atomic mass is 9.98. The molecule has 3 aromatic rings. The maximum atomic E-state index is 13.3. The van der Waals surface area contributed by atoms with Crippen LogP contribution in [-0.4, -0.2) is 61.0 Å². The molecule has 0 unspecified atom stereocenters. The van der Waals surface area contributed by atoms with E-state index in [0.29, 0.717) is 18.8 Å². The average molecular weight is 451 g/mol. The molecule has 2 amide bonds. The second-order valence-corrected chi connectivity index (χ2v) is 9.33. The van der Waals surface area contributed by atoms with Crippen LogP contribution in [0, 0.1) is 0 Å². The molecule has 0 radical (unpaired) electrons. The summed E-state index contributed by atoms with van der Waals surface area (Å²) < 4.78 is 7.05. The second kappa shape index (κ2) is 8.78. The van der Waals surface area contributed by atoms with Crippen molar-refractivity contribution in [3.05, 3.63) is 53.5 Å². The zero-order valence-corrected chi connectivity index (χ0v) is 18.8. The molecule has 8 heteroatoms. The van der Waals surface area contributed by atoms with Gasteiger partial charge in [-0.2, -0.15) is 0 Å². The van der Waals surface area contributed by atoms with Crippen LogP contribution in [0.3, 0.4) is 0 Å². The molecule has 1 aromatic heterocycles. The molecule has 2 aromatic carbocycles. The quantitative estimate of drug-likeness (QED) is 0.661. The largest absolute Gasteiger partial charge is 0.477 e. The lowest BCUT2D eigenvalue weighted by Crippen LogP contribution is -2.52. The van der Waals surface area contributed by atoms with Gasteiger partial charge in [-0.25, -0.2) is 4.98 Å². The van der Waals surface area contributed by atoms with E-state index in [2.05, 4.69) is 11.4 Å². The van der Waals surface area contributed by atoms with E-state index < -0.39 is 6.10 Å². The van der Waals surface area contributed by atoms with Gasteiger partial charge >= 0.3 is 0 Å². The van der Waals surface area contributed by atoms with Crippen molar-refractivity contribution in [3.63, 3.8) is 0 Å². The number of carbonyl (C=O) groups excluding carboxylic acids is 2. The first-order valence-electron chi connectivity index (χ1n) is 11.0. The number of nitrogens with one attached hydrogen (secondary N) is 1. The Balaban J connectivity index is 1.31. The van der Waals surface area contributed by atoms with Crippen LogP contribution in [0.5, 0.6) is 5.75 Å². The van der Waals surface area contributed by atoms with Gasteiger partial charge in [0.05, 0.1) is 34.0 Å². The monoisotopic (exact) mass is 450 g/mol. The Hall–Kier alpha value is -3.13. The second-order valence-electron chi connectivity index (χ2n) is 8.27. The lowest BCUT2D eigenvalue weighted by molar-refractivity contribution is -0.132. The fourth-order valence-electron chi connectivity index (χ4n) is 4.49. The lowest BCUT2D eigenvalue weighted by Gasteiger charge is -2.37. The zero-order valence-electron chi connectivity index (χ0n) is 18.0. The standard InChI is InChI=1S/C24H26N4O3S/c1-25-23(30)20-14-28(18-9-3-4-10-19(18)31-20)15-22(29)27-12-6-7-16(13-27)24-26-17-8-2-5-11-21(17)32-24/h2-5,8-11,16,20H,6-7,12-15H2,1H3,(H,25,30)/t16-,20+/m1/s1. The maximum Gasteiger partial charge on any atom is 0.262 e. The molecule has 3 heterocycles. The number of likely N-dealkylation sites (tertiary alicyclic amines) is 1. The van der Waals surface area contributed by atoms with Crippen LogP contribution in [0.2, 0.25) is 0 Å². The average Bonchev–Trinajstić information content (AvgIpc) is 3.28. The Bertz CT molecular complexity index is 1110. The normalized spacial score (nSPS) is 20.5. The molecule has 0 spiro atoms. The van der Waals surface area contributed by atoms with Gasteiger partial charge in [0, 0.05) is 26.1 Å². The Morgan fingerprint density at radius 2 is 1.97 bits per heavy atom. The maximum absolute atomic E-state index is 13.3. The fourth-order valence-corrected chi connectivity index (χ4v) is 5.58. The van der Waals surface area contributed by atoms with E-state index in [-0.39, 0.29) is 24.3 Å². The van der Waals surface area contributed by atoms with Gasteiger partial charge in [0.15, 0.2) is 6.10 Å². The number of aromatic nitrogens is 1. The number of nitrogens with zero attached hydrogens (tertiary/aromatic N) is 3. The third-order valence-electron chi connectivity index (χ3n) is 6.16. The Morgan fingerprint density at radius 1 is 1.16 bits per heavy atom. The molecule has 2 aliphatic rings. The number of piperidine rings is 1. The van der Waals surface area contributed by atoms with Crippen LogP contribution in [-0.2, 0) is 9.59 Å². The number of benzene rings is 2. The number of likely N-dealkylation sites (N-methyl/N-ethyl adjacent to an activating group) is 1. The molecule has 0 aliphatic carbocycles. The van der Waals surface area contributed by atoms with Gasteiger partial charge in [-0.1, -0.05) is 24.3 Å². The van der Waals surface area contributed by atoms with Crippen LogP contribution < -0.4 is 15.0 Å². The van der Waals surface area contributed by atoms with Crippen molar-refractivity contribution < 1.29 is 14.3 Å². The molecule has 5 rings (SSSR count). The van der Waals surface area contributed by atoms with E-state index in [9.17, 15) is 9.59 Å². The zero-order chi connectivity index (χ0) is 22.1. The number of carbonyl (C=O) groups is 2. The van der Waals surface area contributed by atoms with Crippen LogP contribution in [0.4, 0.5) is 5.69 Å². The first kappa shape index (κ1) is 20.8. The molecule has 2 aliphatic heterocycles. The van der Waals surface area contributed by atoms with Crippen molar-refractivity contribution in [1.82, 2.24) is 15.2 Å². The van der Waals surface area contributed by atoms with Crippen molar-refractivity contribution in [1.29, 1.82) is 0 Å². The number of fused-ring (bicyclic) bond motifs is 2. The molecule has 1 N–H and O–H groups in total. The van der Waals surface area contributed by atoms with Gasteiger partial charge in [-0.15, -0.1) is 11.3 Å². The minimum Gasteiger partial charge on any atom is -0.477 e. The summed E-state index contributed by atoms with van der Waals surface area (Å²) in [7, 11) is 1.59. The molecule has 0 saturated carbocycles. The number of hydrogen-bond donors (Lipinski definition) is 1. The van der Waals surface area contributed by atoms with Crippen LogP contribution >= 0.6 is 11.3 Å². The first-order valence-corrected chi connectivity index (χ1v) is 11.8. The van der Waals surface area contributed by atoms with E-state index in [0.717, 1.165) is 35.6 Å². The van der Waals surface area contributed by atoms with Crippen molar-refractivity contribution in [3.8, 4) is 5.75 Å². The van der Waals surface area contributed by atoms with Gasteiger partial charge in [-0.05, 0) is 37.1 Å². The van der Waals surface area contributed by atoms with Crippen molar-refractivity contribution >= 4 is 39.1 Å². The summed E-state index contributed by atoms with van der Waals surface area (Å²) in [6.45, 7) is 2.01. The number of ether oxygens (including phenoxy) is 1. The molecule has 1 saturated heterocycles. The Kier molecular flexibility index (Phi) is 5.70. The van der Waals surface area contributed by atoms with Gasteiger partial charge in [0.2, 0.25) is 5.91 Å². The number of thiazole rings is 1. The predicted molar refractivity (Wildman–Crippen MR) is 125 cm³/mol. The highest BCUT2D eigenvalue weighted by molar-refractivity contribution is 7.18. The fraction of sp³-hybridized carbons (Fsp3) is 0.375. The summed E-state index contributed by atoms with van der Waals surface area (Å²) in [5.74, 6) is 0.779. The summed E-state index contributed by atoms with van der Waals surface area (Å²) in [4.78, 5) is 34.3. The van der Waals surface area contributed by atoms with Crippen molar-refractivity contribution in [2.45, 2.75) is 24.9 Å². The van der Waals surface area contributed by atoms with E-state index in [1.165, 1.54) is 4.70 Å². The molecule has 1 fully saturated rings. The van der Waals surface area contributed by atoms with Gasteiger partial charge in [0.25, 0.3) is 5.91 Å². The SMILES string of the molecule is CNC(=O)[C@@H]1CN(CC(=O)N2CCC[C@@H](c3nc4ccccc4s3)C2)c2ccccc2O1. The van der Waals surface area contributed by atoms with Crippen LogP contribution in [0.1, 0.15) is 23.8 Å². The summed E-state index contributed by atoms with van der Waals surface area (Å²) in [6.07, 6.45) is 1.37. The highest BCUT2D eigenvalue weighted by atomic mass is 32.1. The molecular formula is C24H26N4O3S. The van der Waals surface area contributed by atoms with Crippen molar-refractivity contribution in [2.75, 3.05) is 38.1 Å². The number of anilines is 1. The summed E-state index contributed by atoms with van der Waals surface area (Å²) in [5.41, 5.74) is 1.88. The van der Waals surface area contributed by atoms with Gasteiger partial charge in [-0.3, -0.25) is 9.59 Å². The highest BCUT2D eigenvalue weighted by Gasteiger charge is 2.33. The molecule has 32 heavy (non-hydrogen) atoms. The molecule has 0 bridgehead atoms. The minimum atomic E-state index is -0.639. The molecule has 166 valence electrons. The number of amides is 2. The van der Waals surface area contributed by atoms with E-state index in [1.54, 1.807) is 18.4 Å². The van der Waals surface area contributed by atoms with Crippen LogP contribution in [0.15, 0.2) is 48.5 Å². The number of hydrogen-bond acceptors (Lipinski definition) is 6. The van der Waals surface area contributed by atoms with E-state index in [4.69, 9.17) is 9.72 Å². The molecule has 7 nitrogen and oxygen atoms in total. The van der Waals surface area contributed by atoms with E-state index in [1.807, 2.05) is 52.3 Å². The van der Waals surface area contributed by atoms with Gasteiger partial charge in [0.1, 0.15) is 5.75 Å². The topological polar surface area (TPSA) is 74.8 Å². The third-order valence-corrected chi connectivity index (χ3v) is 7.36. The number of para-hydroxylation sites is 3. The van der Waals surface area contributed by atoms with Crippen molar-refractivity contribution in [2.24, 2.45) is 0 Å². The highest BCUT2D eigenvalue weighted by Crippen LogP contribution is 2.35. The Labute approximate surface area is 191 Å². The smallest absolute Gasteiger partial charge is 0.262 e. The summed E-state index contributed by atoms with van der Waals surface area (Å²) >= 11 is 1.73. The van der Waals surface area contributed by atoms with Crippen LogP contribution in [0.25, 0.3) is 10.2 Å². The third kappa shape index (κ3) is 4.02. The summed E-state index contributed by atoms with van der Waals surface area (Å²) in [6, 6.07) is 15.7. The van der Waals surface area contributed by atoms with E-state index >= 15 is 0 Å². The molecule has 2 atom stereocenters. The van der Waals surface area contributed by atoms with Gasteiger partial charge < -0.3 is 19.9 Å². The Morgan fingerprint density at radius 3 is 2.81 bits per heavy atom. The predicted octanol–water partition coefficient (Wildman–Crippen LogP) is 3.02. The summed E-state index contributed by atoms with van der Waals surface area (Å²) in [5, 5.41) is 3.76. The molecular weight excluding hydrogens is 424 g/mol.